The average molecular weight is 404 g/mol. The highest BCUT2D eigenvalue weighted by molar-refractivity contribution is 9.10. The molecule has 0 aliphatic carbocycles. The number of aromatic nitrogens is 2. The Balaban J connectivity index is 1.52. The van der Waals surface area contributed by atoms with E-state index in [4.69, 9.17) is 9.47 Å². The number of para-hydroxylation sites is 2. The fraction of sp³-hybridized carbons (Fsp3) is 0.316. The van der Waals surface area contributed by atoms with E-state index in [-0.39, 0.29) is 0 Å². The van der Waals surface area contributed by atoms with Crippen LogP contribution in [-0.4, -0.2) is 30.7 Å². The minimum atomic E-state index is 0.721. The molecule has 3 rings (SSSR count). The second-order valence-electron chi connectivity index (χ2n) is 5.78. The zero-order chi connectivity index (χ0) is 17.6. The van der Waals surface area contributed by atoms with Crippen LogP contribution < -0.4 is 14.8 Å². The molecule has 0 saturated carbocycles. The van der Waals surface area contributed by atoms with E-state index in [2.05, 4.69) is 37.3 Å². The van der Waals surface area contributed by atoms with Crippen molar-refractivity contribution in [2.75, 3.05) is 20.8 Å². The molecule has 0 aliphatic rings. The third-order valence-electron chi connectivity index (χ3n) is 4.04. The summed E-state index contributed by atoms with van der Waals surface area (Å²) in [5, 5.41) is 3.46. The Labute approximate surface area is 155 Å². The molecule has 2 aromatic carbocycles. The van der Waals surface area contributed by atoms with Crippen molar-refractivity contribution in [1.29, 1.82) is 0 Å². The van der Waals surface area contributed by atoms with Gasteiger partial charge >= 0.3 is 0 Å². The molecule has 5 nitrogen and oxygen atoms in total. The van der Waals surface area contributed by atoms with Gasteiger partial charge in [-0.2, -0.15) is 0 Å². The largest absolute Gasteiger partial charge is 0.493 e. The van der Waals surface area contributed by atoms with Crippen LogP contribution in [0.1, 0.15) is 17.8 Å². The van der Waals surface area contributed by atoms with Gasteiger partial charge in [-0.15, -0.1) is 0 Å². The Hall–Kier alpha value is -2.05. The van der Waals surface area contributed by atoms with Crippen LogP contribution in [-0.2, 0) is 13.0 Å². The minimum Gasteiger partial charge on any atom is -0.493 e. The number of fused-ring (bicyclic) bond motifs is 1. The molecule has 0 atom stereocenters. The highest BCUT2D eigenvalue weighted by atomic mass is 79.9. The van der Waals surface area contributed by atoms with E-state index in [1.165, 1.54) is 0 Å². The molecule has 3 aromatic rings. The van der Waals surface area contributed by atoms with Crippen molar-refractivity contribution in [3.63, 3.8) is 0 Å². The summed E-state index contributed by atoms with van der Waals surface area (Å²) in [5.74, 6) is 2.54. The Morgan fingerprint density at radius 1 is 1.16 bits per heavy atom. The number of benzene rings is 2. The van der Waals surface area contributed by atoms with Gasteiger partial charge in [-0.05, 0) is 37.2 Å². The van der Waals surface area contributed by atoms with E-state index in [1.807, 2.05) is 30.3 Å². The van der Waals surface area contributed by atoms with E-state index in [0.29, 0.717) is 0 Å². The molecular weight excluding hydrogens is 382 g/mol. The predicted octanol–water partition coefficient (Wildman–Crippen LogP) is 4.07. The van der Waals surface area contributed by atoms with Crippen molar-refractivity contribution < 1.29 is 9.47 Å². The van der Waals surface area contributed by atoms with Gasteiger partial charge in [-0.3, -0.25) is 0 Å². The van der Waals surface area contributed by atoms with Gasteiger partial charge in [-0.1, -0.05) is 28.1 Å². The minimum absolute atomic E-state index is 0.721. The van der Waals surface area contributed by atoms with E-state index in [9.17, 15) is 0 Å². The molecule has 1 heterocycles. The summed E-state index contributed by atoms with van der Waals surface area (Å²) in [5.41, 5.74) is 3.19. The monoisotopic (exact) mass is 403 g/mol. The fourth-order valence-electron chi connectivity index (χ4n) is 2.87. The maximum absolute atomic E-state index is 5.48. The summed E-state index contributed by atoms with van der Waals surface area (Å²) in [6.07, 6.45) is 1.92. The molecule has 25 heavy (non-hydrogen) atoms. The third-order valence-corrected chi connectivity index (χ3v) is 4.50. The van der Waals surface area contributed by atoms with Gasteiger partial charge in [-0.25, -0.2) is 4.98 Å². The Morgan fingerprint density at radius 3 is 2.76 bits per heavy atom. The van der Waals surface area contributed by atoms with Gasteiger partial charge < -0.3 is 19.8 Å². The van der Waals surface area contributed by atoms with Crippen LogP contribution in [0.2, 0.25) is 0 Å². The van der Waals surface area contributed by atoms with Crippen LogP contribution in [0.25, 0.3) is 11.0 Å². The lowest BCUT2D eigenvalue weighted by atomic mass is 10.1. The molecule has 6 heteroatoms. The van der Waals surface area contributed by atoms with Gasteiger partial charge in [0.1, 0.15) is 5.82 Å². The van der Waals surface area contributed by atoms with Crippen molar-refractivity contribution in [2.24, 2.45) is 0 Å². The maximum Gasteiger partial charge on any atom is 0.165 e. The lowest BCUT2D eigenvalue weighted by molar-refractivity contribution is 0.350. The molecule has 0 fully saturated rings. The number of ether oxygens (including phenoxy) is 2. The quantitative estimate of drug-likeness (QED) is 0.556. The summed E-state index contributed by atoms with van der Waals surface area (Å²) in [4.78, 5) is 7.97. The smallest absolute Gasteiger partial charge is 0.165 e. The first-order valence-corrected chi connectivity index (χ1v) is 9.05. The number of aromatic amines is 1. The zero-order valence-electron chi connectivity index (χ0n) is 14.4. The van der Waals surface area contributed by atoms with Gasteiger partial charge in [0.15, 0.2) is 11.5 Å². The molecule has 0 unspecified atom stereocenters. The summed E-state index contributed by atoms with van der Waals surface area (Å²) in [7, 11) is 3.31. The third kappa shape index (κ3) is 4.32. The predicted molar refractivity (Wildman–Crippen MR) is 103 cm³/mol. The molecule has 2 N–H and O–H groups in total. The molecule has 0 amide bonds. The topological polar surface area (TPSA) is 59.2 Å². The number of H-pyrrole nitrogens is 1. The molecule has 0 aliphatic heterocycles. The van der Waals surface area contributed by atoms with Crippen LogP contribution in [0.3, 0.4) is 0 Å². The Bertz CT molecular complexity index is 815. The van der Waals surface area contributed by atoms with Crippen molar-refractivity contribution in [3.05, 3.63) is 52.3 Å². The van der Waals surface area contributed by atoms with Gasteiger partial charge in [0.25, 0.3) is 0 Å². The second-order valence-corrected chi connectivity index (χ2v) is 6.70. The van der Waals surface area contributed by atoms with E-state index < -0.39 is 0 Å². The number of nitrogens with one attached hydrogen (secondary N) is 2. The summed E-state index contributed by atoms with van der Waals surface area (Å²) in [6, 6.07) is 12.1. The number of aryl methyl sites for hydroxylation is 1. The SMILES string of the molecule is COc1cc(Br)cc(CNCCCc2nc3ccccc3[nH]2)c1OC. The number of imidazole rings is 1. The van der Waals surface area contributed by atoms with Crippen LogP contribution in [0.15, 0.2) is 40.9 Å². The van der Waals surface area contributed by atoms with Crippen molar-refractivity contribution in [1.82, 2.24) is 15.3 Å². The molecular formula is C19H22BrN3O2. The summed E-state index contributed by atoms with van der Waals surface area (Å²) < 4.78 is 11.8. The standard InChI is InChI=1S/C19H22BrN3O2/c1-24-17-11-14(20)10-13(19(17)25-2)12-21-9-5-8-18-22-15-6-3-4-7-16(15)23-18/h3-4,6-7,10-11,21H,5,8-9,12H2,1-2H3,(H,22,23). The van der Waals surface area contributed by atoms with Crippen molar-refractivity contribution >= 4 is 27.0 Å². The van der Waals surface area contributed by atoms with E-state index >= 15 is 0 Å². The first-order chi connectivity index (χ1) is 12.2. The molecule has 0 saturated heterocycles. The number of rotatable bonds is 8. The van der Waals surface area contributed by atoms with Crippen LogP contribution in [0, 0.1) is 0 Å². The Morgan fingerprint density at radius 2 is 2.00 bits per heavy atom. The number of halogens is 1. The van der Waals surface area contributed by atoms with Crippen LogP contribution in [0.5, 0.6) is 11.5 Å². The van der Waals surface area contributed by atoms with Gasteiger partial charge in [0.05, 0.1) is 25.3 Å². The lowest BCUT2D eigenvalue weighted by Crippen LogP contribution is -2.16. The van der Waals surface area contributed by atoms with Gasteiger partial charge in [0, 0.05) is 23.0 Å². The van der Waals surface area contributed by atoms with Crippen molar-refractivity contribution in [2.45, 2.75) is 19.4 Å². The first-order valence-electron chi connectivity index (χ1n) is 8.26. The molecule has 0 radical (unpaired) electrons. The molecule has 1 aromatic heterocycles. The normalized spacial score (nSPS) is 11.0. The number of nitrogens with zero attached hydrogens (tertiary/aromatic N) is 1. The molecule has 132 valence electrons. The van der Waals surface area contributed by atoms with Crippen LogP contribution in [0.4, 0.5) is 0 Å². The Kier molecular flexibility index (Phi) is 5.94. The molecule has 0 bridgehead atoms. The fourth-order valence-corrected chi connectivity index (χ4v) is 3.35. The van der Waals surface area contributed by atoms with E-state index in [0.717, 1.165) is 64.3 Å². The molecule has 0 spiro atoms. The number of methoxy groups -OCH3 is 2. The number of hydrogen-bond donors (Lipinski definition) is 2. The van der Waals surface area contributed by atoms with Crippen molar-refractivity contribution in [3.8, 4) is 11.5 Å². The van der Waals surface area contributed by atoms with Crippen LogP contribution >= 0.6 is 15.9 Å². The highest BCUT2D eigenvalue weighted by Gasteiger charge is 2.11. The van der Waals surface area contributed by atoms with Gasteiger partial charge in [0.2, 0.25) is 0 Å². The summed E-state index contributed by atoms with van der Waals surface area (Å²) in [6.45, 7) is 1.62. The number of hydrogen-bond acceptors (Lipinski definition) is 4. The first kappa shape index (κ1) is 17.8. The zero-order valence-corrected chi connectivity index (χ0v) is 16.0. The maximum atomic E-state index is 5.48. The highest BCUT2D eigenvalue weighted by Crippen LogP contribution is 2.34. The van der Waals surface area contributed by atoms with E-state index in [1.54, 1.807) is 14.2 Å². The lowest BCUT2D eigenvalue weighted by Gasteiger charge is -2.14. The summed E-state index contributed by atoms with van der Waals surface area (Å²) >= 11 is 3.51. The second kappa shape index (κ2) is 8.36. The average Bonchev–Trinajstić information content (AvgIpc) is 3.03.